The molecule has 2 aromatic carbocycles. The average molecular weight is 536 g/mol. The van der Waals surface area contributed by atoms with E-state index in [1.54, 1.807) is 6.20 Å². The third-order valence-electron chi connectivity index (χ3n) is 7.85. The lowest BCUT2D eigenvalue weighted by Crippen LogP contribution is -2.42. The number of rotatable bonds is 5. The zero-order valence-corrected chi connectivity index (χ0v) is 22.8. The van der Waals surface area contributed by atoms with Gasteiger partial charge in [-0.2, -0.15) is 0 Å². The number of ether oxygens (including phenoxy) is 1. The van der Waals surface area contributed by atoms with Gasteiger partial charge in [0.15, 0.2) is 0 Å². The molecule has 1 unspecified atom stereocenters. The number of aromatic amines is 1. The highest BCUT2D eigenvalue weighted by molar-refractivity contribution is 6.30. The molecule has 3 saturated heterocycles. The normalized spacial score (nSPS) is 22.9. The summed E-state index contributed by atoms with van der Waals surface area (Å²) in [7, 11) is 0. The molecule has 202 valence electrons. The number of H-pyrrole nitrogens is 1. The first-order chi connectivity index (χ1) is 18.6. The fourth-order valence-electron chi connectivity index (χ4n) is 5.76. The summed E-state index contributed by atoms with van der Waals surface area (Å²) in [5, 5.41) is 7.44. The van der Waals surface area contributed by atoms with Crippen molar-refractivity contribution >= 4 is 23.3 Å². The number of imidazole rings is 1. The van der Waals surface area contributed by atoms with Crippen LogP contribution in [0.1, 0.15) is 62.8 Å². The van der Waals surface area contributed by atoms with Gasteiger partial charge in [0, 0.05) is 54.7 Å². The Balaban J connectivity index is 0.000000366. The van der Waals surface area contributed by atoms with Crippen molar-refractivity contribution in [2.75, 3.05) is 18.4 Å². The summed E-state index contributed by atoms with van der Waals surface area (Å²) < 4.78 is 6.20. The van der Waals surface area contributed by atoms with Crippen LogP contribution in [0.2, 0.25) is 5.02 Å². The molecular weight excluding hydrogens is 498 g/mol. The molecule has 2 bridgehead atoms. The number of carbonyl (C=O) groups is 1. The van der Waals surface area contributed by atoms with Gasteiger partial charge in [-0.3, -0.25) is 0 Å². The van der Waals surface area contributed by atoms with Crippen molar-refractivity contribution in [3.05, 3.63) is 77.3 Å². The Labute approximate surface area is 230 Å². The van der Waals surface area contributed by atoms with E-state index in [2.05, 4.69) is 39.7 Å². The number of fused-ring (bicyclic) bond motifs is 2. The highest BCUT2D eigenvalue weighted by Crippen LogP contribution is 2.31. The van der Waals surface area contributed by atoms with Gasteiger partial charge in [0.1, 0.15) is 17.7 Å². The molecule has 0 saturated carbocycles. The van der Waals surface area contributed by atoms with E-state index in [4.69, 9.17) is 16.3 Å². The number of anilines is 1. The zero-order chi connectivity index (χ0) is 26.3. The standard InChI is InChI=1S/C25H30ClN3O2.C5H8N2/c26-19-3-1-17(2-4-19)18-11-13-29(14-12-18)25(30)28-20-7-9-23(10-8-20)31-24-15-21-5-6-22(16-24)27-21;1-2-5-6-3-4-7-5/h1-4,7-10,18,21-22,24,27H,5-6,11-16H2,(H,28,30);3-4H,2H2,1H3,(H,6,7)/t21-,22+,24?;. The Kier molecular flexibility index (Phi) is 8.86. The number of likely N-dealkylation sites (tertiary alicyclic amines) is 1. The summed E-state index contributed by atoms with van der Waals surface area (Å²) in [6, 6.07) is 17.1. The predicted octanol–water partition coefficient (Wildman–Crippen LogP) is 6.39. The number of hydrogen-bond acceptors (Lipinski definition) is 4. The van der Waals surface area contributed by atoms with Gasteiger partial charge in [-0.1, -0.05) is 30.7 Å². The molecule has 3 fully saturated rings. The Morgan fingerprint density at radius 1 is 1.03 bits per heavy atom. The lowest BCUT2D eigenvalue weighted by atomic mass is 9.89. The highest BCUT2D eigenvalue weighted by atomic mass is 35.5. The number of amides is 2. The molecule has 2 amide bonds. The summed E-state index contributed by atoms with van der Waals surface area (Å²) >= 11 is 5.99. The largest absolute Gasteiger partial charge is 0.490 e. The van der Waals surface area contributed by atoms with E-state index in [1.807, 2.05) is 47.5 Å². The fraction of sp³-hybridized carbons (Fsp3) is 0.467. The topological polar surface area (TPSA) is 82.3 Å². The second-order valence-corrected chi connectivity index (χ2v) is 10.9. The van der Waals surface area contributed by atoms with Crippen LogP contribution >= 0.6 is 11.6 Å². The van der Waals surface area contributed by atoms with Crippen molar-refractivity contribution in [2.45, 2.75) is 76.0 Å². The molecule has 3 atom stereocenters. The first kappa shape index (κ1) is 26.6. The number of carbonyl (C=O) groups excluding carboxylic acids is 1. The Bertz CT molecular complexity index is 1130. The van der Waals surface area contributed by atoms with Gasteiger partial charge in [0.25, 0.3) is 0 Å². The van der Waals surface area contributed by atoms with Crippen molar-refractivity contribution in [1.82, 2.24) is 20.2 Å². The van der Waals surface area contributed by atoms with Gasteiger partial charge < -0.3 is 25.3 Å². The van der Waals surface area contributed by atoms with Gasteiger partial charge in [0.2, 0.25) is 0 Å². The maximum absolute atomic E-state index is 12.7. The molecule has 0 aliphatic carbocycles. The number of halogens is 1. The summed E-state index contributed by atoms with van der Waals surface area (Å²) in [5.41, 5.74) is 2.12. The maximum atomic E-state index is 12.7. The number of piperidine rings is 2. The van der Waals surface area contributed by atoms with Crippen LogP contribution in [0.25, 0.3) is 0 Å². The number of benzene rings is 2. The van der Waals surface area contributed by atoms with Crippen molar-refractivity contribution < 1.29 is 9.53 Å². The van der Waals surface area contributed by atoms with Crippen LogP contribution in [0.15, 0.2) is 60.9 Å². The fourth-order valence-corrected chi connectivity index (χ4v) is 5.88. The van der Waals surface area contributed by atoms with Crippen LogP contribution in [0, 0.1) is 0 Å². The lowest BCUT2D eigenvalue weighted by Gasteiger charge is -2.32. The molecule has 3 aromatic rings. The smallest absolute Gasteiger partial charge is 0.321 e. The molecular formula is C30H38ClN5O2. The molecule has 3 aliphatic heterocycles. The van der Waals surface area contributed by atoms with Crippen molar-refractivity contribution in [2.24, 2.45) is 0 Å². The van der Waals surface area contributed by atoms with Gasteiger partial charge >= 0.3 is 6.03 Å². The monoisotopic (exact) mass is 535 g/mol. The van der Waals surface area contributed by atoms with Crippen LogP contribution < -0.4 is 15.4 Å². The third kappa shape index (κ3) is 7.08. The minimum atomic E-state index is -0.0295. The zero-order valence-electron chi connectivity index (χ0n) is 22.0. The van der Waals surface area contributed by atoms with Crippen LogP contribution in [-0.4, -0.2) is 52.2 Å². The van der Waals surface area contributed by atoms with E-state index >= 15 is 0 Å². The third-order valence-corrected chi connectivity index (χ3v) is 8.10. The van der Waals surface area contributed by atoms with Gasteiger partial charge in [-0.05, 0) is 86.4 Å². The first-order valence-corrected chi connectivity index (χ1v) is 14.3. The van der Waals surface area contributed by atoms with Crippen LogP contribution in [0.5, 0.6) is 5.75 Å². The minimum Gasteiger partial charge on any atom is -0.490 e. The number of nitrogens with one attached hydrogen (secondary N) is 3. The van der Waals surface area contributed by atoms with Crippen LogP contribution in [0.3, 0.4) is 0 Å². The molecule has 6 rings (SSSR count). The Hall–Kier alpha value is -3.03. The summed E-state index contributed by atoms with van der Waals surface area (Å²) in [4.78, 5) is 21.6. The molecule has 8 heteroatoms. The number of hydrogen-bond donors (Lipinski definition) is 3. The Morgan fingerprint density at radius 2 is 1.71 bits per heavy atom. The van der Waals surface area contributed by atoms with Crippen molar-refractivity contribution in [1.29, 1.82) is 0 Å². The number of aryl methyl sites for hydroxylation is 1. The average Bonchev–Trinajstić information content (AvgIpc) is 3.60. The van der Waals surface area contributed by atoms with E-state index < -0.39 is 0 Å². The second-order valence-electron chi connectivity index (χ2n) is 10.5. The van der Waals surface area contributed by atoms with E-state index in [-0.39, 0.29) is 6.03 Å². The van der Waals surface area contributed by atoms with Crippen LogP contribution in [0.4, 0.5) is 10.5 Å². The molecule has 4 heterocycles. The summed E-state index contributed by atoms with van der Waals surface area (Å²) in [6.45, 7) is 3.59. The second kappa shape index (κ2) is 12.7. The molecule has 1 aromatic heterocycles. The predicted molar refractivity (Wildman–Crippen MR) is 152 cm³/mol. The molecule has 3 aliphatic rings. The first-order valence-electron chi connectivity index (χ1n) is 13.9. The number of nitrogens with zero attached hydrogens (tertiary/aromatic N) is 2. The van der Waals surface area contributed by atoms with Gasteiger partial charge in [-0.25, -0.2) is 9.78 Å². The van der Waals surface area contributed by atoms with E-state index in [0.717, 1.165) is 67.5 Å². The lowest BCUT2D eigenvalue weighted by molar-refractivity contribution is 0.137. The summed E-state index contributed by atoms with van der Waals surface area (Å²) in [5.74, 6) is 2.43. The molecule has 0 radical (unpaired) electrons. The highest BCUT2D eigenvalue weighted by Gasteiger charge is 2.34. The maximum Gasteiger partial charge on any atom is 0.321 e. The molecule has 0 spiro atoms. The minimum absolute atomic E-state index is 0.0295. The SMILES string of the molecule is CCc1ncc[nH]1.O=C(Nc1ccc(OC2C[C@H]3CC[C@@H](C2)N3)cc1)N1CCC(c2ccc(Cl)cc2)CC1. The number of urea groups is 1. The van der Waals surface area contributed by atoms with Crippen LogP contribution in [-0.2, 0) is 6.42 Å². The summed E-state index contributed by atoms with van der Waals surface area (Å²) in [6.07, 6.45) is 11.5. The van der Waals surface area contributed by atoms with Gasteiger partial charge in [-0.15, -0.1) is 0 Å². The van der Waals surface area contributed by atoms with Crippen molar-refractivity contribution in [3.63, 3.8) is 0 Å². The Morgan fingerprint density at radius 3 is 2.29 bits per heavy atom. The molecule has 7 nitrogen and oxygen atoms in total. The molecule has 3 N–H and O–H groups in total. The number of aromatic nitrogens is 2. The quantitative estimate of drug-likeness (QED) is 0.354. The van der Waals surface area contributed by atoms with E-state index in [1.165, 1.54) is 18.4 Å². The van der Waals surface area contributed by atoms with E-state index in [0.29, 0.717) is 24.1 Å². The molecule has 38 heavy (non-hydrogen) atoms. The van der Waals surface area contributed by atoms with Crippen molar-refractivity contribution in [3.8, 4) is 5.75 Å². The van der Waals surface area contributed by atoms with Gasteiger partial charge in [0.05, 0.1) is 0 Å². The van der Waals surface area contributed by atoms with E-state index in [9.17, 15) is 4.79 Å².